The molecule has 1 atom stereocenters. The highest BCUT2D eigenvalue weighted by Crippen LogP contribution is 2.31. The number of hydrogen-bond donors (Lipinski definition) is 1. The first-order chi connectivity index (χ1) is 13.4. The normalized spacial score (nSPS) is 16.0. The Morgan fingerprint density at radius 3 is 2.50 bits per heavy atom. The van der Waals surface area contributed by atoms with E-state index in [0.29, 0.717) is 22.9 Å². The number of carbonyl (C=O) groups is 2. The number of benzene rings is 2. The molecule has 1 aliphatic heterocycles. The van der Waals surface area contributed by atoms with Crippen molar-refractivity contribution in [3.63, 3.8) is 0 Å². The third-order valence-electron chi connectivity index (χ3n) is 4.53. The molecular formula is C19H19N3O6. The molecule has 0 aromatic heterocycles. The van der Waals surface area contributed by atoms with Crippen molar-refractivity contribution in [3.8, 4) is 11.5 Å². The lowest BCUT2D eigenvalue weighted by molar-refractivity contribution is -0.384. The van der Waals surface area contributed by atoms with Crippen LogP contribution in [0.2, 0.25) is 0 Å². The highest BCUT2D eigenvalue weighted by Gasteiger charge is 2.35. The first-order valence-corrected chi connectivity index (χ1v) is 8.50. The third-order valence-corrected chi connectivity index (χ3v) is 4.53. The van der Waals surface area contributed by atoms with Crippen LogP contribution >= 0.6 is 0 Å². The summed E-state index contributed by atoms with van der Waals surface area (Å²) in [6.07, 6.45) is 0.0507. The molecule has 9 heteroatoms. The average Bonchev–Trinajstić information content (AvgIpc) is 3.09. The maximum atomic E-state index is 12.7. The summed E-state index contributed by atoms with van der Waals surface area (Å²) in [7, 11) is 3.01. The second-order valence-corrected chi connectivity index (χ2v) is 6.23. The molecule has 0 saturated carbocycles. The zero-order valence-corrected chi connectivity index (χ0v) is 15.4. The maximum absolute atomic E-state index is 12.7. The number of nitrogens with zero attached hydrogens (tertiary/aromatic N) is 2. The van der Waals surface area contributed by atoms with Gasteiger partial charge in [0.15, 0.2) is 0 Å². The van der Waals surface area contributed by atoms with E-state index in [4.69, 9.17) is 9.47 Å². The second-order valence-electron chi connectivity index (χ2n) is 6.23. The number of rotatable bonds is 6. The fourth-order valence-electron chi connectivity index (χ4n) is 3.03. The van der Waals surface area contributed by atoms with Crippen LogP contribution in [0.25, 0.3) is 0 Å². The molecule has 28 heavy (non-hydrogen) atoms. The Hall–Kier alpha value is -3.62. The van der Waals surface area contributed by atoms with Gasteiger partial charge in [-0.1, -0.05) is 0 Å². The van der Waals surface area contributed by atoms with Gasteiger partial charge in [-0.05, 0) is 24.3 Å². The monoisotopic (exact) mass is 385 g/mol. The van der Waals surface area contributed by atoms with Crippen LogP contribution in [-0.4, -0.2) is 37.5 Å². The van der Waals surface area contributed by atoms with Gasteiger partial charge in [0.25, 0.3) is 5.69 Å². The number of non-ortho nitro benzene ring substituents is 1. The molecule has 0 unspecified atom stereocenters. The molecule has 1 fully saturated rings. The summed E-state index contributed by atoms with van der Waals surface area (Å²) in [4.78, 5) is 36.7. The van der Waals surface area contributed by atoms with Gasteiger partial charge in [-0.15, -0.1) is 0 Å². The predicted octanol–water partition coefficient (Wildman–Crippen LogP) is 2.60. The lowest BCUT2D eigenvalue weighted by atomic mass is 10.1. The Labute approximate surface area is 161 Å². The number of anilines is 2. The zero-order chi connectivity index (χ0) is 20.3. The van der Waals surface area contributed by atoms with Gasteiger partial charge in [0, 0.05) is 36.9 Å². The van der Waals surface area contributed by atoms with Gasteiger partial charge in [0.05, 0.1) is 30.7 Å². The van der Waals surface area contributed by atoms with Gasteiger partial charge >= 0.3 is 0 Å². The van der Waals surface area contributed by atoms with E-state index < -0.39 is 10.8 Å². The Balaban J connectivity index is 1.72. The van der Waals surface area contributed by atoms with Crippen LogP contribution in [0.5, 0.6) is 11.5 Å². The minimum absolute atomic E-state index is 0.0507. The van der Waals surface area contributed by atoms with Gasteiger partial charge in [0.2, 0.25) is 11.8 Å². The lowest BCUT2D eigenvalue weighted by Gasteiger charge is -2.17. The smallest absolute Gasteiger partial charge is 0.269 e. The molecule has 2 aromatic rings. The van der Waals surface area contributed by atoms with E-state index in [2.05, 4.69) is 5.32 Å². The maximum Gasteiger partial charge on any atom is 0.269 e. The molecule has 1 N–H and O–H groups in total. The summed E-state index contributed by atoms with van der Waals surface area (Å²) in [6.45, 7) is 0.189. The van der Waals surface area contributed by atoms with E-state index in [1.165, 1.54) is 43.4 Å². The van der Waals surface area contributed by atoms with E-state index >= 15 is 0 Å². The summed E-state index contributed by atoms with van der Waals surface area (Å²) in [5.41, 5.74) is 0.910. The Kier molecular flexibility index (Phi) is 5.44. The number of hydrogen-bond acceptors (Lipinski definition) is 6. The summed E-state index contributed by atoms with van der Waals surface area (Å²) >= 11 is 0. The molecule has 1 aliphatic rings. The van der Waals surface area contributed by atoms with Gasteiger partial charge in [-0.2, -0.15) is 0 Å². The highest BCUT2D eigenvalue weighted by molar-refractivity contribution is 6.04. The van der Waals surface area contributed by atoms with Crippen LogP contribution in [0.3, 0.4) is 0 Å². The number of methoxy groups -OCH3 is 2. The summed E-state index contributed by atoms with van der Waals surface area (Å²) in [6, 6.07) is 10.7. The minimum Gasteiger partial charge on any atom is -0.497 e. The van der Waals surface area contributed by atoms with Gasteiger partial charge in [0.1, 0.15) is 11.5 Å². The van der Waals surface area contributed by atoms with E-state index in [9.17, 15) is 19.7 Å². The van der Waals surface area contributed by atoms with Crippen LogP contribution in [0.4, 0.5) is 17.1 Å². The van der Waals surface area contributed by atoms with E-state index in [1.807, 2.05) is 0 Å². The molecule has 1 saturated heterocycles. The lowest BCUT2D eigenvalue weighted by Crippen LogP contribution is -2.28. The Bertz CT molecular complexity index is 912. The SMILES string of the molecule is COc1ccc(OC)c(NC(=O)[C@H]2CC(=O)N(c3ccc([N+](=O)[O-])cc3)C2)c1. The molecule has 2 amide bonds. The van der Waals surface area contributed by atoms with E-state index in [1.54, 1.807) is 18.2 Å². The van der Waals surface area contributed by atoms with Crippen LogP contribution < -0.4 is 19.7 Å². The second kappa shape index (κ2) is 7.95. The van der Waals surface area contributed by atoms with Crippen LogP contribution in [0, 0.1) is 16.0 Å². The zero-order valence-electron chi connectivity index (χ0n) is 15.4. The largest absolute Gasteiger partial charge is 0.497 e. The van der Waals surface area contributed by atoms with Gasteiger partial charge in [-0.25, -0.2) is 0 Å². The summed E-state index contributed by atoms with van der Waals surface area (Å²) < 4.78 is 10.4. The van der Waals surface area contributed by atoms with E-state index in [-0.39, 0.29) is 30.5 Å². The number of nitro groups is 1. The molecule has 0 radical (unpaired) electrons. The van der Waals surface area contributed by atoms with Crippen molar-refractivity contribution in [1.29, 1.82) is 0 Å². The number of ether oxygens (including phenoxy) is 2. The topological polar surface area (TPSA) is 111 Å². The van der Waals surface area contributed by atoms with Crippen molar-refractivity contribution in [2.24, 2.45) is 5.92 Å². The van der Waals surface area contributed by atoms with Crippen molar-refractivity contribution in [2.75, 3.05) is 31.0 Å². The Morgan fingerprint density at radius 2 is 1.89 bits per heavy atom. The van der Waals surface area contributed by atoms with Gasteiger partial charge in [-0.3, -0.25) is 19.7 Å². The molecule has 0 spiro atoms. The molecule has 1 heterocycles. The molecule has 3 rings (SSSR count). The molecule has 9 nitrogen and oxygen atoms in total. The van der Waals surface area contributed by atoms with Crippen molar-refractivity contribution in [2.45, 2.75) is 6.42 Å². The molecule has 2 aromatic carbocycles. The van der Waals surface area contributed by atoms with Crippen molar-refractivity contribution >= 4 is 28.9 Å². The number of nitrogens with one attached hydrogen (secondary N) is 1. The van der Waals surface area contributed by atoms with Gasteiger partial charge < -0.3 is 19.7 Å². The standard InChI is InChI=1S/C19H19N3O6/c1-27-15-7-8-17(28-2)16(10-15)20-19(24)12-9-18(23)21(11-12)13-3-5-14(6-4-13)22(25)26/h3-8,10,12H,9,11H2,1-2H3,(H,20,24)/t12-/m0/s1. The number of carbonyl (C=O) groups excluding carboxylic acids is 2. The summed E-state index contributed by atoms with van der Waals surface area (Å²) in [5, 5.41) is 13.5. The molecule has 0 bridgehead atoms. The fraction of sp³-hybridized carbons (Fsp3) is 0.263. The highest BCUT2D eigenvalue weighted by atomic mass is 16.6. The first kappa shape index (κ1) is 19.2. The minimum atomic E-state index is -0.557. The summed E-state index contributed by atoms with van der Waals surface area (Å²) in [5.74, 6) is -0.0497. The fourth-order valence-corrected chi connectivity index (χ4v) is 3.03. The van der Waals surface area contributed by atoms with Crippen LogP contribution in [0.15, 0.2) is 42.5 Å². The van der Waals surface area contributed by atoms with E-state index in [0.717, 1.165) is 0 Å². The predicted molar refractivity (Wildman–Crippen MR) is 102 cm³/mol. The average molecular weight is 385 g/mol. The first-order valence-electron chi connectivity index (χ1n) is 8.50. The van der Waals surface area contributed by atoms with Crippen LogP contribution in [-0.2, 0) is 9.59 Å². The number of amides is 2. The molecular weight excluding hydrogens is 366 g/mol. The molecule has 0 aliphatic carbocycles. The Morgan fingerprint density at radius 1 is 1.18 bits per heavy atom. The quantitative estimate of drug-likeness (QED) is 0.604. The third kappa shape index (κ3) is 3.88. The van der Waals surface area contributed by atoms with Crippen molar-refractivity contribution in [1.82, 2.24) is 0 Å². The molecule has 146 valence electrons. The van der Waals surface area contributed by atoms with Crippen molar-refractivity contribution < 1.29 is 24.0 Å². The number of nitro benzene ring substituents is 1. The van der Waals surface area contributed by atoms with Crippen molar-refractivity contribution in [3.05, 3.63) is 52.6 Å². The van der Waals surface area contributed by atoms with Crippen LogP contribution in [0.1, 0.15) is 6.42 Å².